The van der Waals surface area contributed by atoms with E-state index in [1.54, 1.807) is 9.96 Å². The molecule has 3 aromatic rings. The second kappa shape index (κ2) is 15.3. The van der Waals surface area contributed by atoms with Gasteiger partial charge in [-0.2, -0.15) is 5.06 Å². The number of carbonyl (C=O) groups excluding carboxylic acids is 3. The Kier molecular flexibility index (Phi) is 10.1. The fourth-order valence-corrected chi connectivity index (χ4v) is 12.9. The largest absolute Gasteiger partial charge is 0.458 e. The number of carbonyl (C=O) groups is 3. The van der Waals surface area contributed by atoms with Crippen molar-refractivity contribution in [3.05, 3.63) is 113 Å². The number of aliphatic hydroxyl groups is 1. The molecule has 2 bridgehead atoms. The molecule has 332 valence electrons. The number of ether oxygens (including phenoxy) is 4. The number of nitrogens with one attached hydrogen (secondary N) is 1. The maximum absolute atomic E-state index is 15.7. The molecule has 1 unspecified atom stereocenters. The van der Waals surface area contributed by atoms with Crippen molar-refractivity contribution in [3.63, 3.8) is 0 Å². The van der Waals surface area contributed by atoms with Crippen molar-refractivity contribution >= 4 is 23.9 Å². The highest BCUT2D eigenvalue weighted by molar-refractivity contribution is 5.96. The van der Waals surface area contributed by atoms with Crippen LogP contribution in [0.3, 0.4) is 0 Å². The molecule has 2 N–H and O–H groups in total. The van der Waals surface area contributed by atoms with Crippen molar-refractivity contribution in [2.45, 2.75) is 133 Å². The molecule has 3 aromatic carbocycles. The molecule has 12 heteroatoms. The number of amides is 2. The monoisotopic (exact) mass is 857 g/mol. The van der Waals surface area contributed by atoms with Gasteiger partial charge < -0.3 is 34.3 Å². The summed E-state index contributed by atoms with van der Waals surface area (Å²) in [6, 6.07) is 25.9. The molecule has 2 amide bonds. The number of likely N-dealkylation sites (tertiary alicyclic amines) is 1. The number of fused-ring (bicyclic) bond motifs is 6. The third kappa shape index (κ3) is 6.56. The molecule has 0 radical (unpaired) electrons. The summed E-state index contributed by atoms with van der Waals surface area (Å²) < 4.78 is 27.0. The highest BCUT2D eigenvalue weighted by atomic mass is 16.8. The highest BCUT2D eigenvalue weighted by Crippen LogP contribution is 2.62. The van der Waals surface area contributed by atoms with Crippen molar-refractivity contribution in [1.82, 2.24) is 15.3 Å². The zero-order chi connectivity index (χ0) is 43.3. The Morgan fingerprint density at radius 2 is 1.59 bits per heavy atom. The van der Waals surface area contributed by atoms with E-state index in [4.69, 9.17) is 23.8 Å². The molecule has 3 saturated carbocycles. The number of hydrogen-bond acceptors (Lipinski definition) is 10. The third-order valence-corrected chi connectivity index (χ3v) is 16.2. The summed E-state index contributed by atoms with van der Waals surface area (Å²) in [4.78, 5) is 52.8. The van der Waals surface area contributed by atoms with Gasteiger partial charge >= 0.3 is 5.97 Å². The van der Waals surface area contributed by atoms with E-state index >= 15 is 4.79 Å². The second-order valence-electron chi connectivity index (χ2n) is 20.2. The normalized spacial score (nSPS) is 37.7. The Balaban J connectivity index is 0.982. The molecule has 5 heterocycles. The Hall–Kier alpha value is -4.43. The molecule has 5 saturated heterocycles. The minimum absolute atomic E-state index is 0.0122. The van der Waals surface area contributed by atoms with Crippen LogP contribution in [0.1, 0.15) is 94.4 Å². The van der Waals surface area contributed by atoms with Crippen molar-refractivity contribution in [1.29, 1.82) is 0 Å². The fraction of sp³-hybridized carbons (Fsp3) is 0.549. The standard InChI is InChI=1S/C51H59N3O9/c1-48(2)28-36-32(20-21-40-49(3,60-40)23-22-37(36)48)27-31-13-10-11-14-33(31)30-54-43-46(57)59-39-29-50(43,47(58)53-25-12-19-38(53)45(56)52-24-26-55)44(63-54)42-41(39)61-51(62-42,34-15-6-4-7-16-34)35-17-8-5-9-18-35/h4-11,13-18,27,36-44,55H,12,19-26,28-30H2,1-3H3,(H,52,56)/t36-,37-,38-,39-,40?,41+,42+,43+,44-,49-,50+/m1/s1. The topological polar surface area (TPSA) is 139 Å². The lowest BCUT2D eigenvalue weighted by Crippen LogP contribution is -2.70. The summed E-state index contributed by atoms with van der Waals surface area (Å²) in [7, 11) is 0. The molecule has 8 aliphatic rings. The average molecular weight is 858 g/mol. The van der Waals surface area contributed by atoms with Crippen LogP contribution in [-0.2, 0) is 50.5 Å². The predicted molar refractivity (Wildman–Crippen MR) is 231 cm³/mol. The van der Waals surface area contributed by atoms with Crippen LogP contribution in [0, 0.1) is 22.7 Å². The number of hydrogen-bond donors (Lipinski definition) is 2. The van der Waals surface area contributed by atoms with E-state index in [0.717, 1.165) is 54.4 Å². The molecule has 0 aromatic heterocycles. The van der Waals surface area contributed by atoms with Crippen LogP contribution >= 0.6 is 0 Å². The zero-order valence-corrected chi connectivity index (χ0v) is 36.4. The van der Waals surface area contributed by atoms with Crippen molar-refractivity contribution in [2.24, 2.45) is 22.7 Å². The Morgan fingerprint density at radius 3 is 2.32 bits per heavy atom. The molecule has 3 aliphatic carbocycles. The third-order valence-electron chi connectivity index (χ3n) is 16.2. The van der Waals surface area contributed by atoms with Crippen molar-refractivity contribution in [3.8, 4) is 0 Å². The van der Waals surface area contributed by atoms with Crippen LogP contribution in [0.15, 0.2) is 90.5 Å². The smallest absolute Gasteiger partial charge is 0.327 e. The summed E-state index contributed by atoms with van der Waals surface area (Å²) in [5.41, 5.74) is 3.80. The number of aliphatic hydroxyl groups excluding tert-OH is 1. The molecule has 12 nitrogen and oxygen atoms in total. The first kappa shape index (κ1) is 41.3. The first-order chi connectivity index (χ1) is 30.5. The van der Waals surface area contributed by atoms with Crippen LogP contribution in [0.25, 0.3) is 6.08 Å². The van der Waals surface area contributed by atoms with Crippen molar-refractivity contribution in [2.75, 3.05) is 19.7 Å². The van der Waals surface area contributed by atoms with Gasteiger partial charge in [0, 0.05) is 30.6 Å². The van der Waals surface area contributed by atoms with Crippen molar-refractivity contribution < 1.29 is 43.3 Å². The SMILES string of the molecule is CC1(C)C[C@@H]2C(=Cc3ccccc3CN3O[C@@H]4[C@H]5OC(c6ccccc6)(c6ccccc6)O[C@H]5[C@H]5C[C@]4(C(=O)N4CCC[C@@H]4C(=O)NCCO)[C@@H]3C(=O)O5)CCC3O[C@]3(C)CC[C@H]21. The van der Waals surface area contributed by atoms with Gasteiger partial charge in [-0.15, -0.1) is 0 Å². The molecular weight excluding hydrogens is 799 g/mol. The molecule has 5 aliphatic heterocycles. The number of esters is 1. The van der Waals surface area contributed by atoms with Crippen LogP contribution in [0.5, 0.6) is 0 Å². The lowest BCUT2D eigenvalue weighted by molar-refractivity contribution is -0.214. The van der Waals surface area contributed by atoms with Crippen LogP contribution in [0.4, 0.5) is 0 Å². The highest BCUT2D eigenvalue weighted by Gasteiger charge is 2.77. The van der Waals surface area contributed by atoms with Gasteiger partial charge in [-0.05, 0) is 80.2 Å². The van der Waals surface area contributed by atoms with E-state index in [9.17, 15) is 14.7 Å². The van der Waals surface area contributed by atoms with E-state index in [1.165, 1.54) is 5.57 Å². The van der Waals surface area contributed by atoms with Crippen LogP contribution < -0.4 is 5.32 Å². The molecular formula is C51H59N3O9. The van der Waals surface area contributed by atoms with Gasteiger partial charge in [0.05, 0.1) is 24.9 Å². The van der Waals surface area contributed by atoms with Gasteiger partial charge in [0.2, 0.25) is 17.6 Å². The van der Waals surface area contributed by atoms with E-state index in [-0.39, 0.29) is 55.1 Å². The Bertz CT molecular complexity index is 2260. The second-order valence-corrected chi connectivity index (χ2v) is 20.2. The van der Waals surface area contributed by atoms with Gasteiger partial charge in [-0.3, -0.25) is 19.2 Å². The molecule has 11 atom stereocenters. The van der Waals surface area contributed by atoms with E-state index in [2.05, 4.69) is 50.4 Å². The van der Waals surface area contributed by atoms with Gasteiger partial charge in [0.1, 0.15) is 35.9 Å². The summed E-state index contributed by atoms with van der Waals surface area (Å²) in [6.07, 6.45) is 5.90. The first-order valence-corrected chi connectivity index (χ1v) is 23.2. The number of epoxide rings is 1. The maximum atomic E-state index is 15.7. The minimum Gasteiger partial charge on any atom is -0.458 e. The number of rotatable bonds is 9. The number of hydroxylamine groups is 2. The average Bonchev–Trinajstić information content (AvgIpc) is 3.69. The first-order valence-electron chi connectivity index (χ1n) is 23.2. The van der Waals surface area contributed by atoms with Crippen LogP contribution in [0.2, 0.25) is 0 Å². The quantitative estimate of drug-likeness (QED) is 0.193. The lowest BCUT2D eigenvalue weighted by Gasteiger charge is -2.53. The maximum Gasteiger partial charge on any atom is 0.327 e. The molecule has 8 fully saturated rings. The lowest BCUT2D eigenvalue weighted by atomic mass is 9.52. The van der Waals surface area contributed by atoms with Gasteiger partial charge in [-0.25, -0.2) is 0 Å². The number of nitrogens with zero attached hydrogens (tertiary/aromatic N) is 2. The minimum atomic E-state index is -1.46. The van der Waals surface area contributed by atoms with E-state index < -0.39 is 53.7 Å². The Labute approximate surface area is 369 Å². The fourth-order valence-electron chi connectivity index (χ4n) is 12.9. The Morgan fingerprint density at radius 1 is 0.873 bits per heavy atom. The molecule has 11 rings (SSSR count). The molecule has 0 spiro atoms. The summed E-state index contributed by atoms with van der Waals surface area (Å²) in [6.45, 7) is 7.50. The zero-order valence-electron chi connectivity index (χ0n) is 36.4. The summed E-state index contributed by atoms with van der Waals surface area (Å²) in [5, 5.41) is 14.0. The molecule has 63 heavy (non-hydrogen) atoms. The predicted octanol–water partition coefficient (Wildman–Crippen LogP) is 6.05. The summed E-state index contributed by atoms with van der Waals surface area (Å²) in [5.74, 6) is -1.51. The number of benzene rings is 3. The summed E-state index contributed by atoms with van der Waals surface area (Å²) >= 11 is 0. The van der Waals surface area contributed by atoms with Crippen LogP contribution in [-0.4, -0.2) is 101 Å². The van der Waals surface area contributed by atoms with E-state index in [0.29, 0.717) is 31.2 Å². The van der Waals surface area contributed by atoms with Gasteiger partial charge in [0.25, 0.3) is 0 Å². The van der Waals surface area contributed by atoms with Gasteiger partial charge in [-0.1, -0.05) is 110 Å². The van der Waals surface area contributed by atoms with E-state index in [1.807, 2.05) is 66.7 Å². The van der Waals surface area contributed by atoms with Gasteiger partial charge in [0.15, 0.2) is 6.04 Å². The number of allylic oxidation sites excluding steroid dienone is 1.